The number of para-hydroxylation sites is 2. The second-order valence-electron chi connectivity index (χ2n) is 11.4. The van der Waals surface area contributed by atoms with Crippen LogP contribution in [-0.4, -0.2) is 68.8 Å². The van der Waals surface area contributed by atoms with Crippen LogP contribution in [0.15, 0.2) is 29.1 Å². The summed E-state index contributed by atoms with van der Waals surface area (Å²) in [6.45, 7) is 6.57. The first-order chi connectivity index (χ1) is 17.6. The number of likely N-dealkylation sites (tertiary alicyclic amines) is 2. The normalized spacial score (nSPS) is 25.7. The summed E-state index contributed by atoms with van der Waals surface area (Å²) in [5.74, 6) is 0.637. The minimum Gasteiger partial charge on any atom is -0.393 e. The maximum Gasteiger partial charge on any atom is 0.329 e. The number of piperidine rings is 2. The van der Waals surface area contributed by atoms with Crippen LogP contribution in [0.1, 0.15) is 77.2 Å². The van der Waals surface area contributed by atoms with Crippen molar-refractivity contribution in [3.8, 4) is 0 Å². The van der Waals surface area contributed by atoms with Crippen LogP contribution in [0.25, 0.3) is 11.0 Å². The van der Waals surface area contributed by atoms with Gasteiger partial charge in [-0.3, -0.25) is 13.9 Å². The number of hydrogen-bond acceptors (Lipinski definition) is 4. The molecule has 2 atom stereocenters. The van der Waals surface area contributed by atoms with Crippen LogP contribution < -0.4 is 5.69 Å². The molecule has 2 aliphatic heterocycles. The van der Waals surface area contributed by atoms with Crippen LogP contribution in [0.2, 0.25) is 0 Å². The molecule has 7 heteroatoms. The van der Waals surface area contributed by atoms with E-state index in [2.05, 4.69) is 4.90 Å². The number of benzene rings is 1. The Hall–Kier alpha value is -2.12. The zero-order valence-electron chi connectivity index (χ0n) is 22.0. The highest BCUT2D eigenvalue weighted by molar-refractivity contribution is 5.81. The van der Waals surface area contributed by atoms with Gasteiger partial charge in [0.15, 0.2) is 0 Å². The van der Waals surface area contributed by atoms with E-state index >= 15 is 0 Å². The van der Waals surface area contributed by atoms with Crippen molar-refractivity contribution in [2.45, 2.75) is 89.8 Å². The number of nitrogens with zero attached hydrogens (tertiary/aromatic N) is 4. The molecule has 5 rings (SSSR count). The smallest absolute Gasteiger partial charge is 0.329 e. The van der Waals surface area contributed by atoms with E-state index in [1.165, 1.54) is 44.9 Å². The Bertz CT molecular complexity index is 1080. The third kappa shape index (κ3) is 5.28. The third-order valence-corrected chi connectivity index (χ3v) is 9.01. The number of aliphatic hydroxyl groups excluding tert-OH is 1. The van der Waals surface area contributed by atoms with Crippen molar-refractivity contribution >= 4 is 16.9 Å². The summed E-state index contributed by atoms with van der Waals surface area (Å²) in [5.41, 5.74) is 1.90. The summed E-state index contributed by atoms with van der Waals surface area (Å²) in [6.07, 6.45) is 11.1. The van der Waals surface area contributed by atoms with Gasteiger partial charge < -0.3 is 14.9 Å². The van der Waals surface area contributed by atoms with Crippen molar-refractivity contribution in [2.75, 3.05) is 32.7 Å². The average Bonchev–Trinajstić information content (AvgIpc) is 3.16. The molecular weight excluding hydrogens is 452 g/mol. The summed E-state index contributed by atoms with van der Waals surface area (Å²) in [7, 11) is 0. The fourth-order valence-electron chi connectivity index (χ4n) is 6.99. The Morgan fingerprint density at radius 1 is 0.917 bits per heavy atom. The lowest BCUT2D eigenvalue weighted by Gasteiger charge is -2.42. The molecule has 0 spiro atoms. The number of rotatable bonds is 5. The quantitative estimate of drug-likeness (QED) is 0.679. The van der Waals surface area contributed by atoms with E-state index in [-0.39, 0.29) is 29.7 Å². The molecule has 7 nitrogen and oxygen atoms in total. The van der Waals surface area contributed by atoms with Crippen LogP contribution in [0.3, 0.4) is 0 Å². The first-order valence-electron chi connectivity index (χ1n) is 14.5. The van der Waals surface area contributed by atoms with E-state index in [0.717, 1.165) is 37.1 Å². The predicted molar refractivity (Wildman–Crippen MR) is 143 cm³/mol. The fraction of sp³-hybridized carbons (Fsp3) is 0.724. The molecule has 3 heterocycles. The van der Waals surface area contributed by atoms with Gasteiger partial charge in [0.05, 0.1) is 29.1 Å². The van der Waals surface area contributed by atoms with Crippen LogP contribution in [0, 0.1) is 11.8 Å². The van der Waals surface area contributed by atoms with E-state index in [4.69, 9.17) is 0 Å². The highest BCUT2D eigenvalue weighted by atomic mass is 16.3. The Morgan fingerprint density at radius 3 is 2.28 bits per heavy atom. The number of aromatic nitrogens is 2. The van der Waals surface area contributed by atoms with Crippen LogP contribution in [-0.2, 0) is 11.3 Å². The van der Waals surface area contributed by atoms with Crippen molar-refractivity contribution in [3.63, 3.8) is 0 Å². The molecule has 2 aromatic rings. The van der Waals surface area contributed by atoms with Gasteiger partial charge in [-0.05, 0) is 57.1 Å². The van der Waals surface area contributed by atoms with Crippen molar-refractivity contribution in [1.82, 2.24) is 18.9 Å². The Labute approximate surface area is 215 Å². The molecule has 0 unspecified atom stereocenters. The standard InChI is InChI=1S/C29H44N4O3/c1-2-32-26-12-8-9-13-27(26)33(29(32)36)25-16-17-30(20-22-10-6-4-3-5-7-11-22)21-24(25)28(35)31-18-14-23(34)15-19-31/h8-9,12-13,22-25,34H,2-7,10-11,14-21H2,1H3/t24-,25-/m0/s1. The predicted octanol–water partition coefficient (Wildman–Crippen LogP) is 4.03. The first kappa shape index (κ1) is 25.5. The van der Waals surface area contributed by atoms with Crippen molar-refractivity contribution in [3.05, 3.63) is 34.7 Å². The lowest BCUT2D eigenvalue weighted by molar-refractivity contribution is -0.141. The van der Waals surface area contributed by atoms with Gasteiger partial charge in [-0.1, -0.05) is 44.2 Å². The molecule has 2 saturated heterocycles. The zero-order chi connectivity index (χ0) is 25.1. The monoisotopic (exact) mass is 496 g/mol. The molecule has 3 aliphatic rings. The van der Waals surface area contributed by atoms with Crippen LogP contribution in [0.5, 0.6) is 0 Å². The molecule has 1 saturated carbocycles. The van der Waals surface area contributed by atoms with Crippen LogP contribution >= 0.6 is 0 Å². The number of imidazole rings is 1. The van der Waals surface area contributed by atoms with E-state index in [9.17, 15) is 14.7 Å². The van der Waals surface area contributed by atoms with Crippen molar-refractivity contribution < 1.29 is 9.90 Å². The Kier molecular flexibility index (Phi) is 8.16. The molecule has 1 amide bonds. The lowest BCUT2D eigenvalue weighted by Crippen LogP contribution is -2.53. The zero-order valence-corrected chi connectivity index (χ0v) is 22.0. The first-order valence-corrected chi connectivity index (χ1v) is 14.5. The van der Waals surface area contributed by atoms with Gasteiger partial charge >= 0.3 is 5.69 Å². The molecule has 0 bridgehead atoms. The Morgan fingerprint density at radius 2 is 1.58 bits per heavy atom. The van der Waals surface area contributed by atoms with Gasteiger partial charge in [-0.15, -0.1) is 0 Å². The SMILES string of the molecule is CCn1c(=O)n([C@H]2CCN(CC3CCCCCCC3)C[C@@H]2C(=O)N2CCC(O)CC2)c2ccccc21. The average molecular weight is 497 g/mol. The minimum absolute atomic E-state index is 0.00374. The van der Waals surface area contributed by atoms with Gasteiger partial charge in [-0.2, -0.15) is 0 Å². The van der Waals surface area contributed by atoms with Crippen LogP contribution in [0.4, 0.5) is 0 Å². The number of carbonyl (C=O) groups excluding carboxylic acids is 1. The lowest BCUT2D eigenvalue weighted by atomic mass is 9.87. The molecule has 198 valence electrons. The number of carbonyl (C=O) groups is 1. The number of amides is 1. The number of aryl methyl sites for hydroxylation is 1. The molecular formula is C29H44N4O3. The molecule has 1 aromatic carbocycles. The third-order valence-electron chi connectivity index (χ3n) is 9.01. The molecule has 0 radical (unpaired) electrons. The highest BCUT2D eigenvalue weighted by Crippen LogP contribution is 2.34. The van der Waals surface area contributed by atoms with Gasteiger partial charge in [0.25, 0.3) is 0 Å². The van der Waals surface area contributed by atoms with Gasteiger partial charge in [0, 0.05) is 39.3 Å². The van der Waals surface area contributed by atoms with Gasteiger partial charge in [0.1, 0.15) is 0 Å². The van der Waals surface area contributed by atoms with Crippen molar-refractivity contribution in [1.29, 1.82) is 0 Å². The minimum atomic E-state index is -0.308. The maximum absolute atomic E-state index is 14.0. The molecule has 1 N–H and O–H groups in total. The highest BCUT2D eigenvalue weighted by Gasteiger charge is 2.40. The summed E-state index contributed by atoms with van der Waals surface area (Å²) >= 11 is 0. The van der Waals surface area contributed by atoms with E-state index in [0.29, 0.717) is 38.4 Å². The molecule has 1 aromatic heterocycles. The fourth-order valence-corrected chi connectivity index (χ4v) is 6.99. The largest absolute Gasteiger partial charge is 0.393 e. The maximum atomic E-state index is 14.0. The number of hydrogen-bond donors (Lipinski definition) is 1. The Balaban J connectivity index is 1.43. The van der Waals surface area contributed by atoms with E-state index in [1.807, 2.05) is 45.2 Å². The summed E-state index contributed by atoms with van der Waals surface area (Å²) in [5, 5.41) is 10.0. The van der Waals surface area contributed by atoms with E-state index < -0.39 is 0 Å². The number of fused-ring (bicyclic) bond motifs is 1. The molecule has 1 aliphatic carbocycles. The van der Waals surface area contributed by atoms with E-state index in [1.54, 1.807) is 0 Å². The summed E-state index contributed by atoms with van der Waals surface area (Å²) < 4.78 is 3.78. The molecule has 36 heavy (non-hydrogen) atoms. The second kappa shape index (κ2) is 11.5. The van der Waals surface area contributed by atoms with Gasteiger partial charge in [-0.25, -0.2) is 4.79 Å². The van der Waals surface area contributed by atoms with Gasteiger partial charge in [0.2, 0.25) is 5.91 Å². The topological polar surface area (TPSA) is 70.7 Å². The summed E-state index contributed by atoms with van der Waals surface area (Å²) in [4.78, 5) is 32.1. The number of aliphatic hydroxyl groups is 1. The second-order valence-corrected chi connectivity index (χ2v) is 11.4. The van der Waals surface area contributed by atoms with Crippen molar-refractivity contribution in [2.24, 2.45) is 11.8 Å². The molecule has 3 fully saturated rings. The summed E-state index contributed by atoms with van der Waals surface area (Å²) in [6, 6.07) is 7.89.